The van der Waals surface area contributed by atoms with Gasteiger partial charge in [-0.25, -0.2) is 0 Å². The van der Waals surface area contributed by atoms with Gasteiger partial charge in [-0.15, -0.1) is 0 Å². The van der Waals surface area contributed by atoms with E-state index in [1.807, 2.05) is 24.1 Å². The van der Waals surface area contributed by atoms with Crippen molar-refractivity contribution in [2.75, 3.05) is 26.7 Å². The number of hydrogen-bond acceptors (Lipinski definition) is 4. The van der Waals surface area contributed by atoms with Gasteiger partial charge in [-0.1, -0.05) is 6.92 Å². The first-order chi connectivity index (χ1) is 10.5. The highest BCUT2D eigenvalue weighted by Gasteiger charge is 2.57. The average Bonchev–Trinajstić information content (AvgIpc) is 2.98. The van der Waals surface area contributed by atoms with Crippen LogP contribution in [-0.2, 0) is 16.1 Å². The summed E-state index contributed by atoms with van der Waals surface area (Å²) in [7, 11) is 2.00. The van der Waals surface area contributed by atoms with Crippen LogP contribution in [0.15, 0.2) is 24.5 Å². The fourth-order valence-electron chi connectivity index (χ4n) is 3.13. The Kier molecular flexibility index (Phi) is 5.13. The van der Waals surface area contributed by atoms with Gasteiger partial charge in [-0.2, -0.15) is 0 Å². The van der Waals surface area contributed by atoms with Crippen LogP contribution in [0.25, 0.3) is 0 Å². The molecule has 1 saturated heterocycles. The second-order valence-corrected chi connectivity index (χ2v) is 6.46. The zero-order valence-corrected chi connectivity index (χ0v) is 13.1. The van der Waals surface area contributed by atoms with E-state index in [1.54, 1.807) is 12.4 Å². The molecule has 1 amide bonds. The first-order valence-electron chi connectivity index (χ1n) is 7.41. The van der Waals surface area contributed by atoms with Crippen molar-refractivity contribution in [2.24, 2.45) is 11.3 Å². The molecule has 0 spiro atoms. The van der Waals surface area contributed by atoms with Crippen LogP contribution in [0.5, 0.6) is 0 Å². The first-order valence-corrected chi connectivity index (χ1v) is 7.41. The van der Waals surface area contributed by atoms with Crippen LogP contribution in [0.2, 0.25) is 0 Å². The fraction of sp³-hybridized carbons (Fsp3) is 0.562. The Labute approximate surface area is 130 Å². The average molecular weight is 305 g/mol. The number of rotatable bonds is 4. The van der Waals surface area contributed by atoms with E-state index in [0.717, 1.165) is 25.6 Å². The molecular formula is C16H23N3O3. The van der Waals surface area contributed by atoms with Gasteiger partial charge >= 0.3 is 0 Å². The zero-order valence-electron chi connectivity index (χ0n) is 13.1. The summed E-state index contributed by atoms with van der Waals surface area (Å²) in [5.74, 6) is 1.03. The number of likely N-dealkylation sites (N-methyl/N-ethyl adjacent to an activating group) is 1. The van der Waals surface area contributed by atoms with E-state index >= 15 is 0 Å². The van der Waals surface area contributed by atoms with Gasteiger partial charge in [0.05, 0.1) is 6.54 Å². The Bertz CT molecular complexity index is 523. The molecule has 0 bridgehead atoms. The SMILES string of the molecule is CN(CC(=O)N1CC2CC2(C)C1)Cc1ccncc1.O=CO. The molecule has 1 aromatic rings. The summed E-state index contributed by atoms with van der Waals surface area (Å²) >= 11 is 0. The lowest BCUT2D eigenvalue weighted by molar-refractivity contribution is -0.132. The minimum Gasteiger partial charge on any atom is -0.483 e. The summed E-state index contributed by atoms with van der Waals surface area (Å²) in [6.45, 7) is 5.28. The lowest BCUT2D eigenvalue weighted by Gasteiger charge is -2.23. The fourth-order valence-corrected chi connectivity index (χ4v) is 3.13. The first kappa shape index (κ1) is 16.4. The van der Waals surface area contributed by atoms with E-state index in [4.69, 9.17) is 9.90 Å². The van der Waals surface area contributed by atoms with E-state index in [0.29, 0.717) is 12.0 Å². The van der Waals surface area contributed by atoms with Crippen molar-refractivity contribution in [1.82, 2.24) is 14.8 Å². The van der Waals surface area contributed by atoms with Crippen molar-refractivity contribution in [3.63, 3.8) is 0 Å². The molecule has 0 radical (unpaired) electrons. The lowest BCUT2D eigenvalue weighted by atomic mass is 10.1. The molecule has 6 nitrogen and oxygen atoms in total. The van der Waals surface area contributed by atoms with Crippen LogP contribution in [0.3, 0.4) is 0 Å². The molecule has 2 fully saturated rings. The summed E-state index contributed by atoms with van der Waals surface area (Å²) in [5, 5.41) is 6.89. The number of nitrogens with zero attached hydrogens (tertiary/aromatic N) is 3. The molecule has 1 saturated carbocycles. The number of piperidine rings is 1. The second kappa shape index (κ2) is 6.87. The number of pyridine rings is 1. The van der Waals surface area contributed by atoms with E-state index in [1.165, 1.54) is 12.0 Å². The van der Waals surface area contributed by atoms with Crippen molar-refractivity contribution >= 4 is 12.4 Å². The minimum atomic E-state index is -0.250. The van der Waals surface area contributed by atoms with Gasteiger partial charge in [0.25, 0.3) is 6.47 Å². The van der Waals surface area contributed by atoms with Gasteiger partial charge in [0.1, 0.15) is 0 Å². The maximum atomic E-state index is 12.2. The Hall–Kier alpha value is -1.95. The molecule has 1 aromatic heterocycles. The minimum absolute atomic E-state index is 0.250. The molecule has 2 unspecified atom stereocenters. The highest BCUT2D eigenvalue weighted by atomic mass is 16.3. The van der Waals surface area contributed by atoms with Crippen LogP contribution in [-0.4, -0.2) is 59.0 Å². The number of carbonyl (C=O) groups is 2. The second-order valence-electron chi connectivity index (χ2n) is 6.46. The smallest absolute Gasteiger partial charge is 0.290 e. The highest BCUT2D eigenvalue weighted by molar-refractivity contribution is 5.79. The van der Waals surface area contributed by atoms with Gasteiger partial charge in [0.2, 0.25) is 5.91 Å². The molecule has 1 aliphatic heterocycles. The van der Waals surface area contributed by atoms with Crippen molar-refractivity contribution in [2.45, 2.75) is 19.9 Å². The quantitative estimate of drug-likeness (QED) is 0.843. The standard InChI is InChI=1S/C15H21N3O.CH2O2/c1-15-7-13(15)9-18(11-15)14(19)10-17(2)8-12-3-5-16-6-4-12;2-1-3/h3-6,13H,7-11H2,1-2H3;1H,(H,2,3). The molecule has 1 aliphatic carbocycles. The van der Waals surface area contributed by atoms with Crippen LogP contribution in [0, 0.1) is 11.3 Å². The van der Waals surface area contributed by atoms with Gasteiger partial charge in [0, 0.05) is 32.0 Å². The van der Waals surface area contributed by atoms with Crippen LogP contribution >= 0.6 is 0 Å². The van der Waals surface area contributed by atoms with E-state index in [2.05, 4.69) is 16.8 Å². The third-order valence-electron chi connectivity index (χ3n) is 4.49. The van der Waals surface area contributed by atoms with Gasteiger partial charge in [0.15, 0.2) is 0 Å². The Morgan fingerprint density at radius 1 is 1.55 bits per heavy atom. The Morgan fingerprint density at radius 2 is 2.18 bits per heavy atom. The lowest BCUT2D eigenvalue weighted by Crippen LogP contribution is -2.39. The van der Waals surface area contributed by atoms with E-state index in [9.17, 15) is 4.79 Å². The summed E-state index contributed by atoms with van der Waals surface area (Å²) in [6, 6.07) is 3.99. The highest BCUT2D eigenvalue weighted by Crippen LogP contribution is 2.57. The number of amides is 1. The predicted octanol–water partition coefficient (Wildman–Crippen LogP) is 1.08. The molecule has 1 N–H and O–H groups in total. The zero-order chi connectivity index (χ0) is 16.2. The van der Waals surface area contributed by atoms with Crippen molar-refractivity contribution in [3.8, 4) is 0 Å². The monoisotopic (exact) mass is 305 g/mol. The predicted molar refractivity (Wildman–Crippen MR) is 82.1 cm³/mol. The van der Waals surface area contributed by atoms with E-state index < -0.39 is 0 Å². The maximum Gasteiger partial charge on any atom is 0.290 e. The third-order valence-corrected chi connectivity index (χ3v) is 4.49. The molecular weight excluding hydrogens is 282 g/mol. The molecule has 6 heteroatoms. The van der Waals surface area contributed by atoms with Crippen molar-refractivity contribution in [1.29, 1.82) is 0 Å². The number of fused-ring (bicyclic) bond motifs is 1. The molecule has 2 heterocycles. The topological polar surface area (TPSA) is 73.7 Å². The summed E-state index contributed by atoms with van der Waals surface area (Å²) in [4.78, 5) is 28.7. The number of carbonyl (C=O) groups excluding carboxylic acids is 1. The number of aromatic nitrogens is 1. The van der Waals surface area contributed by atoms with Gasteiger partial charge in [-0.3, -0.25) is 19.5 Å². The molecule has 2 atom stereocenters. The number of likely N-dealkylation sites (tertiary alicyclic amines) is 1. The Balaban J connectivity index is 0.000000545. The third kappa shape index (κ3) is 4.04. The Morgan fingerprint density at radius 3 is 2.73 bits per heavy atom. The van der Waals surface area contributed by atoms with Gasteiger partial charge < -0.3 is 10.0 Å². The molecule has 0 aromatic carbocycles. The summed E-state index contributed by atoms with van der Waals surface area (Å²) in [6.07, 6.45) is 4.89. The van der Waals surface area contributed by atoms with Gasteiger partial charge in [-0.05, 0) is 42.5 Å². The maximum absolute atomic E-state index is 12.2. The van der Waals surface area contributed by atoms with Crippen LogP contribution in [0.1, 0.15) is 18.9 Å². The largest absolute Gasteiger partial charge is 0.483 e. The molecule has 2 aliphatic rings. The normalized spacial score (nSPS) is 25.2. The number of carboxylic acid groups (broad SMARTS) is 1. The van der Waals surface area contributed by atoms with Crippen molar-refractivity contribution in [3.05, 3.63) is 30.1 Å². The molecule has 120 valence electrons. The van der Waals surface area contributed by atoms with Crippen molar-refractivity contribution < 1.29 is 14.7 Å². The number of hydrogen-bond donors (Lipinski definition) is 1. The van der Waals surface area contributed by atoms with E-state index in [-0.39, 0.29) is 12.4 Å². The molecule has 22 heavy (non-hydrogen) atoms. The summed E-state index contributed by atoms with van der Waals surface area (Å²) < 4.78 is 0. The summed E-state index contributed by atoms with van der Waals surface area (Å²) in [5.41, 5.74) is 1.64. The van der Waals surface area contributed by atoms with Crippen LogP contribution in [0.4, 0.5) is 0 Å². The molecule has 3 rings (SSSR count). The van der Waals surface area contributed by atoms with Crippen LogP contribution < -0.4 is 0 Å².